The van der Waals surface area contributed by atoms with Gasteiger partial charge in [0, 0.05) is 49.1 Å². The minimum Gasteiger partial charge on any atom is -0.475 e. The fourth-order valence-electron chi connectivity index (χ4n) is 3.31. The van der Waals surface area contributed by atoms with Crippen LogP contribution in [-0.4, -0.2) is 68.6 Å². The SMILES string of the molecule is O=C(O)C(F)(F)F.O=C(O)C(F)(F)F.c1csc(CNC2CCc3nc(N4CCCC4)ncc3C2)n1. The molecule has 3 N–H and O–H groups in total. The van der Waals surface area contributed by atoms with Gasteiger partial charge in [-0.2, -0.15) is 26.3 Å². The van der Waals surface area contributed by atoms with Gasteiger partial charge in [-0.15, -0.1) is 11.3 Å². The molecule has 9 nitrogen and oxygen atoms in total. The molecule has 2 aromatic rings. The minimum absolute atomic E-state index is 0.512. The highest BCUT2D eigenvalue weighted by atomic mass is 32.1. The van der Waals surface area contributed by atoms with Crippen molar-refractivity contribution in [2.45, 2.75) is 57.0 Å². The molecule has 3 heterocycles. The number of hydrogen-bond donors (Lipinski definition) is 3. The molecule has 0 bridgehead atoms. The standard InChI is InChI=1S/C16H21N5S.2C2HF3O2/c1-2-7-21(6-1)16-19-10-12-9-13(3-4-14(12)20-16)18-11-15-17-5-8-22-15;2*3-2(4,5)1(6)7/h5,8,10,13,18H,1-4,6-7,9,11H2;2*(H,6,7). The number of anilines is 1. The van der Waals surface area contributed by atoms with E-state index in [0.717, 1.165) is 49.9 Å². The zero-order chi connectivity index (χ0) is 26.9. The highest BCUT2D eigenvalue weighted by Crippen LogP contribution is 2.23. The normalized spacial score (nSPS) is 17.3. The average molecular weight is 543 g/mol. The van der Waals surface area contributed by atoms with Crippen molar-refractivity contribution in [3.8, 4) is 0 Å². The number of nitrogens with zero attached hydrogens (tertiary/aromatic N) is 4. The number of fused-ring (bicyclic) bond motifs is 1. The van der Waals surface area contributed by atoms with E-state index in [1.165, 1.54) is 24.1 Å². The summed E-state index contributed by atoms with van der Waals surface area (Å²) >= 11 is 1.71. The van der Waals surface area contributed by atoms with Crippen LogP contribution in [0.5, 0.6) is 0 Å². The maximum absolute atomic E-state index is 10.6. The van der Waals surface area contributed by atoms with Crippen molar-refractivity contribution in [1.82, 2.24) is 20.3 Å². The van der Waals surface area contributed by atoms with E-state index in [1.807, 2.05) is 17.8 Å². The Balaban J connectivity index is 0.000000271. The van der Waals surface area contributed by atoms with Crippen LogP contribution in [0, 0.1) is 0 Å². The third kappa shape index (κ3) is 9.56. The lowest BCUT2D eigenvalue weighted by molar-refractivity contribution is -0.193. The minimum atomic E-state index is -5.08. The summed E-state index contributed by atoms with van der Waals surface area (Å²) in [4.78, 5) is 33.8. The molecular weight excluding hydrogens is 520 g/mol. The van der Waals surface area contributed by atoms with Gasteiger partial charge in [0.15, 0.2) is 0 Å². The summed E-state index contributed by atoms with van der Waals surface area (Å²) in [6.07, 6.45) is -0.491. The second-order valence-corrected chi connectivity index (χ2v) is 8.67. The molecule has 36 heavy (non-hydrogen) atoms. The van der Waals surface area contributed by atoms with Crippen molar-refractivity contribution in [2.75, 3.05) is 18.0 Å². The van der Waals surface area contributed by atoms with Gasteiger partial charge in [0.05, 0.1) is 0 Å². The molecule has 1 aliphatic heterocycles. The number of carboxylic acids is 2. The first-order valence-corrected chi connectivity index (χ1v) is 11.5. The summed E-state index contributed by atoms with van der Waals surface area (Å²) in [6, 6.07) is 0.512. The highest BCUT2D eigenvalue weighted by Gasteiger charge is 2.38. The first kappa shape index (κ1) is 29.2. The van der Waals surface area contributed by atoms with E-state index in [4.69, 9.17) is 24.8 Å². The topological polar surface area (TPSA) is 129 Å². The molecule has 0 aromatic carbocycles. The molecule has 16 heteroatoms. The predicted molar refractivity (Wildman–Crippen MR) is 116 cm³/mol. The zero-order valence-corrected chi connectivity index (χ0v) is 19.5. The maximum atomic E-state index is 10.6. The first-order valence-electron chi connectivity index (χ1n) is 10.6. The van der Waals surface area contributed by atoms with Crippen LogP contribution in [-0.2, 0) is 29.0 Å². The van der Waals surface area contributed by atoms with Gasteiger partial charge in [-0.25, -0.2) is 24.5 Å². The van der Waals surface area contributed by atoms with Gasteiger partial charge in [0.1, 0.15) is 5.01 Å². The number of nitrogens with one attached hydrogen (secondary N) is 1. The molecule has 200 valence electrons. The molecule has 1 atom stereocenters. The number of carboxylic acid groups (broad SMARTS) is 2. The molecule has 2 aliphatic rings. The number of aliphatic carboxylic acids is 2. The molecule has 0 amide bonds. The number of aryl methyl sites for hydroxylation is 1. The quantitative estimate of drug-likeness (QED) is 0.497. The van der Waals surface area contributed by atoms with Gasteiger partial charge in [0.2, 0.25) is 5.95 Å². The van der Waals surface area contributed by atoms with Gasteiger partial charge in [0.25, 0.3) is 0 Å². The van der Waals surface area contributed by atoms with Gasteiger partial charge >= 0.3 is 24.3 Å². The van der Waals surface area contributed by atoms with Crippen LogP contribution in [0.2, 0.25) is 0 Å². The molecule has 2 aromatic heterocycles. The smallest absolute Gasteiger partial charge is 0.475 e. The maximum Gasteiger partial charge on any atom is 0.490 e. The predicted octanol–water partition coefficient (Wildman–Crippen LogP) is 3.45. The Morgan fingerprint density at radius 2 is 1.64 bits per heavy atom. The molecule has 0 radical (unpaired) electrons. The molecule has 1 saturated heterocycles. The number of alkyl halides is 6. The summed E-state index contributed by atoms with van der Waals surface area (Å²) in [5, 5.41) is 21.1. The highest BCUT2D eigenvalue weighted by molar-refractivity contribution is 7.09. The van der Waals surface area contributed by atoms with Crippen LogP contribution in [0.3, 0.4) is 0 Å². The number of hydrogen-bond acceptors (Lipinski definition) is 8. The second-order valence-electron chi connectivity index (χ2n) is 7.69. The van der Waals surface area contributed by atoms with Crippen molar-refractivity contribution in [1.29, 1.82) is 0 Å². The lowest BCUT2D eigenvalue weighted by Crippen LogP contribution is -2.35. The lowest BCUT2D eigenvalue weighted by Gasteiger charge is -2.25. The van der Waals surface area contributed by atoms with Gasteiger partial charge in [-0.3, -0.25) is 0 Å². The fraction of sp³-hybridized carbons (Fsp3) is 0.550. The summed E-state index contributed by atoms with van der Waals surface area (Å²) < 4.78 is 63.5. The van der Waals surface area contributed by atoms with Crippen molar-refractivity contribution in [2.24, 2.45) is 0 Å². The van der Waals surface area contributed by atoms with Crippen molar-refractivity contribution < 1.29 is 46.1 Å². The average Bonchev–Trinajstić information content (AvgIpc) is 3.51. The van der Waals surface area contributed by atoms with Crippen LogP contribution in [0.25, 0.3) is 0 Å². The third-order valence-corrected chi connectivity index (χ3v) is 5.82. The Hall–Kier alpha value is -3.01. The van der Waals surface area contributed by atoms with Gasteiger partial charge < -0.3 is 20.4 Å². The van der Waals surface area contributed by atoms with E-state index in [1.54, 1.807) is 11.3 Å². The van der Waals surface area contributed by atoms with E-state index in [9.17, 15) is 26.3 Å². The van der Waals surface area contributed by atoms with Crippen LogP contribution in [0.4, 0.5) is 32.3 Å². The van der Waals surface area contributed by atoms with Gasteiger partial charge in [-0.05, 0) is 37.7 Å². The summed E-state index contributed by atoms with van der Waals surface area (Å²) in [7, 11) is 0. The number of carbonyl (C=O) groups is 2. The Bertz CT molecular complexity index is 973. The third-order valence-electron chi connectivity index (χ3n) is 5.04. The molecule has 1 unspecified atom stereocenters. The van der Waals surface area contributed by atoms with Crippen LogP contribution < -0.4 is 10.2 Å². The molecular formula is C20H23F6N5O4S. The van der Waals surface area contributed by atoms with E-state index in [-0.39, 0.29) is 0 Å². The number of halogens is 6. The Morgan fingerprint density at radius 1 is 1.06 bits per heavy atom. The zero-order valence-electron chi connectivity index (χ0n) is 18.6. The van der Waals surface area contributed by atoms with Crippen LogP contribution in [0.1, 0.15) is 35.5 Å². The molecule has 0 saturated carbocycles. The largest absolute Gasteiger partial charge is 0.490 e. The Kier molecular flexibility index (Phi) is 10.4. The summed E-state index contributed by atoms with van der Waals surface area (Å²) in [5.74, 6) is -4.58. The van der Waals surface area contributed by atoms with E-state index in [2.05, 4.69) is 20.2 Å². The van der Waals surface area contributed by atoms with Crippen molar-refractivity contribution in [3.63, 3.8) is 0 Å². The number of thiazole rings is 1. The van der Waals surface area contributed by atoms with Crippen molar-refractivity contribution in [3.05, 3.63) is 34.0 Å². The van der Waals surface area contributed by atoms with Crippen molar-refractivity contribution >= 4 is 29.2 Å². The molecule has 0 spiro atoms. The summed E-state index contributed by atoms with van der Waals surface area (Å²) in [6.45, 7) is 3.08. The lowest BCUT2D eigenvalue weighted by atomic mass is 9.93. The van der Waals surface area contributed by atoms with E-state index >= 15 is 0 Å². The second kappa shape index (κ2) is 12.8. The van der Waals surface area contributed by atoms with E-state index in [0.29, 0.717) is 6.04 Å². The molecule has 1 aliphatic carbocycles. The van der Waals surface area contributed by atoms with E-state index < -0.39 is 24.3 Å². The fourth-order valence-corrected chi connectivity index (χ4v) is 3.88. The molecule has 4 rings (SSSR count). The Labute approximate surface area is 205 Å². The number of rotatable bonds is 4. The monoisotopic (exact) mass is 543 g/mol. The number of aromatic nitrogens is 3. The Morgan fingerprint density at radius 3 is 2.14 bits per heavy atom. The van der Waals surface area contributed by atoms with Gasteiger partial charge in [-0.1, -0.05) is 0 Å². The van der Waals surface area contributed by atoms with Crippen LogP contribution in [0.15, 0.2) is 17.8 Å². The molecule has 1 fully saturated rings. The summed E-state index contributed by atoms with van der Waals surface area (Å²) in [5.41, 5.74) is 2.56. The first-order chi connectivity index (χ1) is 16.8. The van der Waals surface area contributed by atoms with Crippen LogP contribution >= 0.6 is 11.3 Å².